The fourth-order valence-corrected chi connectivity index (χ4v) is 2.75. The second kappa shape index (κ2) is 6.16. The maximum absolute atomic E-state index is 10.5. The summed E-state index contributed by atoms with van der Waals surface area (Å²) in [7, 11) is 0. The molecular formula is C13H10Br2N2O2. The van der Waals surface area contributed by atoms with Crippen LogP contribution in [0.5, 0.6) is 0 Å². The van der Waals surface area contributed by atoms with Gasteiger partial charge in [0.15, 0.2) is 0 Å². The van der Waals surface area contributed by atoms with E-state index in [9.17, 15) is 10.1 Å². The Morgan fingerprint density at radius 3 is 2.37 bits per heavy atom. The number of nitro groups is 1. The largest absolute Gasteiger partial charge is 0.380 e. The van der Waals surface area contributed by atoms with Crippen LogP contribution in [0.4, 0.5) is 11.4 Å². The monoisotopic (exact) mass is 384 g/mol. The van der Waals surface area contributed by atoms with Crippen molar-refractivity contribution in [2.24, 2.45) is 0 Å². The zero-order valence-electron chi connectivity index (χ0n) is 9.77. The zero-order valence-corrected chi connectivity index (χ0v) is 12.9. The lowest BCUT2D eigenvalue weighted by atomic mass is 10.2. The minimum absolute atomic E-state index is 0.105. The van der Waals surface area contributed by atoms with Gasteiger partial charge in [0.25, 0.3) is 5.69 Å². The highest BCUT2D eigenvalue weighted by Gasteiger charge is 2.04. The molecule has 19 heavy (non-hydrogen) atoms. The SMILES string of the molecule is O=[N+]([O-])c1ccc(CNc2ccc(Br)cc2Br)cc1. The third-order valence-corrected chi connectivity index (χ3v) is 3.71. The van der Waals surface area contributed by atoms with Gasteiger partial charge in [0.05, 0.1) is 4.92 Å². The van der Waals surface area contributed by atoms with Gasteiger partial charge in [-0.1, -0.05) is 28.1 Å². The molecule has 0 aromatic heterocycles. The molecule has 2 aromatic rings. The third kappa shape index (κ3) is 3.78. The minimum atomic E-state index is -0.400. The van der Waals surface area contributed by atoms with E-state index in [4.69, 9.17) is 0 Å². The molecule has 0 aliphatic heterocycles. The van der Waals surface area contributed by atoms with Crippen LogP contribution >= 0.6 is 31.9 Å². The van der Waals surface area contributed by atoms with E-state index in [-0.39, 0.29) is 5.69 Å². The Labute approximate surface area is 127 Å². The molecule has 0 atom stereocenters. The van der Waals surface area contributed by atoms with Gasteiger partial charge in [0.1, 0.15) is 0 Å². The molecule has 0 saturated carbocycles. The van der Waals surface area contributed by atoms with Gasteiger partial charge in [0.2, 0.25) is 0 Å². The number of benzene rings is 2. The molecule has 0 bridgehead atoms. The first-order chi connectivity index (χ1) is 9.06. The number of hydrogen-bond donors (Lipinski definition) is 1. The van der Waals surface area contributed by atoms with Crippen molar-refractivity contribution < 1.29 is 4.92 Å². The number of nitrogens with zero attached hydrogens (tertiary/aromatic N) is 1. The summed E-state index contributed by atoms with van der Waals surface area (Å²) < 4.78 is 1.96. The van der Waals surface area contributed by atoms with E-state index in [1.165, 1.54) is 12.1 Å². The first-order valence-corrected chi connectivity index (χ1v) is 7.07. The number of anilines is 1. The standard InChI is InChI=1S/C13H10Br2N2O2/c14-10-3-6-13(12(15)7-10)16-8-9-1-4-11(5-2-9)17(18)19/h1-7,16H,8H2. The van der Waals surface area contributed by atoms with Gasteiger partial charge in [0, 0.05) is 33.3 Å². The van der Waals surface area contributed by atoms with Crippen molar-refractivity contribution in [2.45, 2.75) is 6.54 Å². The van der Waals surface area contributed by atoms with Crippen LogP contribution in [0.3, 0.4) is 0 Å². The molecule has 0 radical (unpaired) electrons. The summed E-state index contributed by atoms with van der Waals surface area (Å²) in [4.78, 5) is 10.1. The highest BCUT2D eigenvalue weighted by atomic mass is 79.9. The molecule has 0 saturated heterocycles. The average Bonchev–Trinajstić information content (AvgIpc) is 2.38. The minimum Gasteiger partial charge on any atom is -0.380 e. The molecule has 4 nitrogen and oxygen atoms in total. The fourth-order valence-electron chi connectivity index (χ4n) is 1.57. The highest BCUT2D eigenvalue weighted by molar-refractivity contribution is 9.11. The molecule has 0 amide bonds. The number of hydrogen-bond acceptors (Lipinski definition) is 3. The lowest BCUT2D eigenvalue weighted by molar-refractivity contribution is -0.384. The smallest absolute Gasteiger partial charge is 0.269 e. The lowest BCUT2D eigenvalue weighted by Gasteiger charge is -2.08. The van der Waals surface area contributed by atoms with Gasteiger partial charge >= 0.3 is 0 Å². The Kier molecular flexibility index (Phi) is 4.55. The Bertz CT molecular complexity index is 600. The number of nitro benzene ring substituents is 1. The van der Waals surface area contributed by atoms with Crippen molar-refractivity contribution in [3.05, 3.63) is 67.1 Å². The molecule has 0 aliphatic rings. The van der Waals surface area contributed by atoms with Crippen molar-refractivity contribution in [2.75, 3.05) is 5.32 Å². The van der Waals surface area contributed by atoms with Crippen molar-refractivity contribution >= 4 is 43.2 Å². The van der Waals surface area contributed by atoms with Gasteiger partial charge < -0.3 is 5.32 Å². The molecule has 0 unspecified atom stereocenters. The number of non-ortho nitro benzene ring substituents is 1. The molecule has 1 N–H and O–H groups in total. The van der Waals surface area contributed by atoms with Gasteiger partial charge in [-0.05, 0) is 39.7 Å². The molecule has 2 rings (SSSR count). The summed E-state index contributed by atoms with van der Waals surface area (Å²) >= 11 is 6.86. The Morgan fingerprint density at radius 1 is 1.11 bits per heavy atom. The third-order valence-electron chi connectivity index (χ3n) is 2.56. The summed E-state index contributed by atoms with van der Waals surface area (Å²) in [5, 5.41) is 13.8. The van der Waals surface area contributed by atoms with Crippen molar-refractivity contribution in [1.29, 1.82) is 0 Å². The second-order valence-corrected chi connectivity index (χ2v) is 5.67. The fraction of sp³-hybridized carbons (Fsp3) is 0.0769. The molecule has 0 spiro atoms. The summed E-state index contributed by atoms with van der Waals surface area (Å²) in [6, 6.07) is 12.4. The molecule has 2 aromatic carbocycles. The van der Waals surface area contributed by atoms with Crippen LogP contribution in [0.2, 0.25) is 0 Å². The number of nitrogens with one attached hydrogen (secondary N) is 1. The molecule has 6 heteroatoms. The summed E-state index contributed by atoms with van der Waals surface area (Å²) in [6.07, 6.45) is 0. The van der Waals surface area contributed by atoms with Crippen LogP contribution < -0.4 is 5.32 Å². The van der Waals surface area contributed by atoms with Crippen molar-refractivity contribution in [3.8, 4) is 0 Å². The van der Waals surface area contributed by atoms with E-state index in [0.29, 0.717) is 6.54 Å². The van der Waals surface area contributed by atoms with Crippen LogP contribution in [0.25, 0.3) is 0 Å². The topological polar surface area (TPSA) is 55.2 Å². The predicted molar refractivity (Wildman–Crippen MR) is 82.3 cm³/mol. The molecular weight excluding hydrogens is 376 g/mol. The average molecular weight is 386 g/mol. The summed E-state index contributed by atoms with van der Waals surface area (Å²) in [5.41, 5.74) is 2.07. The Balaban J connectivity index is 2.04. The molecule has 98 valence electrons. The quantitative estimate of drug-likeness (QED) is 0.611. The van der Waals surface area contributed by atoms with Crippen LogP contribution in [-0.2, 0) is 6.54 Å². The first-order valence-electron chi connectivity index (χ1n) is 5.48. The number of halogens is 2. The van der Waals surface area contributed by atoms with Gasteiger partial charge in [-0.3, -0.25) is 10.1 Å². The Hall–Kier alpha value is -1.40. The van der Waals surface area contributed by atoms with Crippen LogP contribution in [0, 0.1) is 10.1 Å². The van der Waals surface area contributed by atoms with Crippen molar-refractivity contribution in [1.82, 2.24) is 0 Å². The van der Waals surface area contributed by atoms with E-state index in [0.717, 1.165) is 20.2 Å². The maximum Gasteiger partial charge on any atom is 0.269 e. The van der Waals surface area contributed by atoms with E-state index < -0.39 is 4.92 Å². The molecule has 0 aliphatic carbocycles. The second-order valence-electron chi connectivity index (χ2n) is 3.90. The van der Waals surface area contributed by atoms with Gasteiger partial charge in [-0.15, -0.1) is 0 Å². The maximum atomic E-state index is 10.5. The van der Waals surface area contributed by atoms with Crippen molar-refractivity contribution in [3.63, 3.8) is 0 Å². The summed E-state index contributed by atoms with van der Waals surface area (Å²) in [5.74, 6) is 0. The highest BCUT2D eigenvalue weighted by Crippen LogP contribution is 2.26. The van der Waals surface area contributed by atoms with Crippen LogP contribution in [-0.4, -0.2) is 4.92 Å². The molecule has 0 fully saturated rings. The molecule has 0 heterocycles. The first kappa shape index (κ1) is 14.0. The zero-order chi connectivity index (χ0) is 13.8. The van der Waals surface area contributed by atoms with Gasteiger partial charge in [-0.2, -0.15) is 0 Å². The summed E-state index contributed by atoms with van der Waals surface area (Å²) in [6.45, 7) is 0.609. The van der Waals surface area contributed by atoms with Gasteiger partial charge in [-0.25, -0.2) is 0 Å². The number of rotatable bonds is 4. The lowest BCUT2D eigenvalue weighted by Crippen LogP contribution is -2.00. The van der Waals surface area contributed by atoms with Crippen LogP contribution in [0.15, 0.2) is 51.4 Å². The normalized spacial score (nSPS) is 10.2. The van der Waals surface area contributed by atoms with E-state index in [1.54, 1.807) is 12.1 Å². The van der Waals surface area contributed by atoms with E-state index in [2.05, 4.69) is 37.2 Å². The van der Waals surface area contributed by atoms with E-state index in [1.807, 2.05) is 18.2 Å². The van der Waals surface area contributed by atoms with E-state index >= 15 is 0 Å². The Morgan fingerprint density at radius 2 is 1.79 bits per heavy atom. The van der Waals surface area contributed by atoms with Crippen LogP contribution in [0.1, 0.15) is 5.56 Å². The predicted octanol–water partition coefficient (Wildman–Crippen LogP) is 4.73.